The molecule has 0 fully saturated rings. The number of nitrogens with one attached hydrogen (secondary N) is 2. The SMILES string of the molecule is O=C1Nc2ccc(F)cc2C1Nc1c(Cl)cc(Cl)cc1Cl. The predicted molar refractivity (Wildman–Crippen MR) is 82.9 cm³/mol. The summed E-state index contributed by atoms with van der Waals surface area (Å²) in [6.07, 6.45) is 0. The van der Waals surface area contributed by atoms with Crippen molar-refractivity contribution in [3.8, 4) is 0 Å². The Labute approximate surface area is 135 Å². The van der Waals surface area contributed by atoms with Crippen LogP contribution in [0.5, 0.6) is 0 Å². The number of hydrogen-bond donors (Lipinski definition) is 2. The number of benzene rings is 2. The van der Waals surface area contributed by atoms with E-state index in [9.17, 15) is 9.18 Å². The molecule has 2 N–H and O–H groups in total. The van der Waals surface area contributed by atoms with E-state index in [1.165, 1.54) is 30.3 Å². The summed E-state index contributed by atoms with van der Waals surface area (Å²) in [4.78, 5) is 12.0. The first kappa shape index (κ1) is 14.4. The number of halogens is 4. The molecule has 21 heavy (non-hydrogen) atoms. The zero-order valence-corrected chi connectivity index (χ0v) is 12.7. The van der Waals surface area contributed by atoms with E-state index in [1.54, 1.807) is 0 Å². The van der Waals surface area contributed by atoms with Crippen molar-refractivity contribution in [2.24, 2.45) is 0 Å². The second kappa shape index (κ2) is 5.37. The summed E-state index contributed by atoms with van der Waals surface area (Å²) < 4.78 is 13.4. The average molecular weight is 346 g/mol. The molecule has 1 atom stereocenters. The normalized spacial score (nSPS) is 16.6. The van der Waals surface area contributed by atoms with Gasteiger partial charge in [0.1, 0.15) is 11.9 Å². The quantitative estimate of drug-likeness (QED) is 0.813. The van der Waals surface area contributed by atoms with Crippen LogP contribution >= 0.6 is 34.8 Å². The van der Waals surface area contributed by atoms with E-state index in [-0.39, 0.29) is 16.0 Å². The fourth-order valence-electron chi connectivity index (χ4n) is 2.20. The van der Waals surface area contributed by atoms with Crippen molar-refractivity contribution in [2.75, 3.05) is 10.6 Å². The molecule has 0 saturated carbocycles. The Morgan fingerprint density at radius 2 is 1.76 bits per heavy atom. The summed E-state index contributed by atoms with van der Waals surface area (Å²) in [6, 6.07) is 6.33. The van der Waals surface area contributed by atoms with Gasteiger partial charge in [0.15, 0.2) is 0 Å². The molecule has 0 aliphatic carbocycles. The van der Waals surface area contributed by atoms with Crippen LogP contribution in [-0.4, -0.2) is 5.91 Å². The molecule has 0 bridgehead atoms. The molecule has 7 heteroatoms. The molecule has 0 radical (unpaired) electrons. The topological polar surface area (TPSA) is 41.1 Å². The van der Waals surface area contributed by atoms with Crippen molar-refractivity contribution in [3.63, 3.8) is 0 Å². The Balaban J connectivity index is 2.00. The third-order valence-electron chi connectivity index (χ3n) is 3.14. The molecule has 3 nitrogen and oxygen atoms in total. The Kier molecular flexibility index (Phi) is 3.69. The first-order valence-corrected chi connectivity index (χ1v) is 7.10. The van der Waals surface area contributed by atoms with Crippen molar-refractivity contribution >= 4 is 52.1 Å². The van der Waals surface area contributed by atoms with E-state index in [0.717, 1.165) is 0 Å². The van der Waals surface area contributed by atoms with Gasteiger partial charge in [-0.2, -0.15) is 0 Å². The Morgan fingerprint density at radius 3 is 2.43 bits per heavy atom. The van der Waals surface area contributed by atoms with Gasteiger partial charge in [0.05, 0.1) is 15.7 Å². The fraction of sp³-hybridized carbons (Fsp3) is 0.0714. The number of carbonyl (C=O) groups excluding carboxylic acids is 1. The lowest BCUT2D eigenvalue weighted by molar-refractivity contribution is -0.116. The lowest BCUT2D eigenvalue weighted by Crippen LogP contribution is -2.20. The molecular formula is C14H8Cl3FN2O. The third-order valence-corrected chi connectivity index (χ3v) is 3.95. The van der Waals surface area contributed by atoms with Crippen LogP contribution in [0, 0.1) is 5.82 Å². The van der Waals surface area contributed by atoms with E-state index < -0.39 is 11.9 Å². The van der Waals surface area contributed by atoms with Gasteiger partial charge >= 0.3 is 0 Å². The smallest absolute Gasteiger partial charge is 0.251 e. The van der Waals surface area contributed by atoms with Crippen LogP contribution in [-0.2, 0) is 4.79 Å². The molecule has 1 aliphatic heterocycles. The van der Waals surface area contributed by atoms with Crippen molar-refractivity contribution < 1.29 is 9.18 Å². The molecule has 2 aromatic rings. The fourth-order valence-corrected chi connectivity index (χ4v) is 3.13. The van der Waals surface area contributed by atoms with E-state index >= 15 is 0 Å². The number of fused-ring (bicyclic) bond motifs is 1. The molecule has 0 spiro atoms. The maximum absolute atomic E-state index is 13.4. The van der Waals surface area contributed by atoms with E-state index in [2.05, 4.69) is 10.6 Å². The van der Waals surface area contributed by atoms with Crippen LogP contribution in [0.1, 0.15) is 11.6 Å². The Bertz CT molecular complexity index is 728. The summed E-state index contributed by atoms with van der Waals surface area (Å²) in [6.45, 7) is 0. The lowest BCUT2D eigenvalue weighted by Gasteiger charge is -2.16. The second-order valence-electron chi connectivity index (χ2n) is 4.54. The predicted octanol–water partition coefficient (Wildman–Crippen LogP) is 4.89. The van der Waals surface area contributed by atoms with E-state index in [4.69, 9.17) is 34.8 Å². The number of amides is 1. The highest BCUT2D eigenvalue weighted by Gasteiger charge is 2.31. The zero-order valence-electron chi connectivity index (χ0n) is 10.4. The number of carbonyl (C=O) groups is 1. The molecule has 2 aromatic carbocycles. The summed E-state index contributed by atoms with van der Waals surface area (Å²) in [5.74, 6) is -0.733. The van der Waals surface area contributed by atoms with Crippen LogP contribution in [0.3, 0.4) is 0 Å². The molecular weight excluding hydrogens is 338 g/mol. The number of hydrogen-bond acceptors (Lipinski definition) is 2. The van der Waals surface area contributed by atoms with Crippen LogP contribution in [0.15, 0.2) is 30.3 Å². The van der Waals surface area contributed by atoms with E-state index in [0.29, 0.717) is 22.0 Å². The summed E-state index contributed by atoms with van der Waals surface area (Å²) >= 11 is 18.0. The molecule has 0 aromatic heterocycles. The standard InChI is InChI=1S/C14H8Cl3FN2O/c15-6-3-9(16)13(10(17)4-6)20-12-8-5-7(18)1-2-11(8)19-14(12)21/h1-5,12,20H,(H,19,21). The first-order valence-electron chi connectivity index (χ1n) is 5.97. The minimum Gasteiger partial charge on any atom is -0.368 e. The minimum absolute atomic E-state index is 0.283. The van der Waals surface area contributed by atoms with Crippen LogP contribution in [0.4, 0.5) is 15.8 Å². The first-order chi connectivity index (χ1) is 9.95. The van der Waals surface area contributed by atoms with Gasteiger partial charge in [-0.1, -0.05) is 34.8 Å². The zero-order chi connectivity index (χ0) is 15.1. The molecule has 1 heterocycles. The van der Waals surface area contributed by atoms with Crippen molar-refractivity contribution in [1.29, 1.82) is 0 Å². The van der Waals surface area contributed by atoms with Gasteiger partial charge in [-0.05, 0) is 30.3 Å². The van der Waals surface area contributed by atoms with Gasteiger partial charge < -0.3 is 10.6 Å². The summed E-state index contributed by atoms with van der Waals surface area (Å²) in [7, 11) is 0. The highest BCUT2D eigenvalue weighted by molar-refractivity contribution is 6.41. The van der Waals surface area contributed by atoms with Gasteiger partial charge in [-0.15, -0.1) is 0 Å². The largest absolute Gasteiger partial charge is 0.368 e. The summed E-state index contributed by atoms with van der Waals surface area (Å²) in [5.41, 5.74) is 1.43. The van der Waals surface area contributed by atoms with Gasteiger partial charge in [0, 0.05) is 16.3 Å². The number of rotatable bonds is 2. The van der Waals surface area contributed by atoms with Gasteiger partial charge in [0.2, 0.25) is 0 Å². The molecule has 3 rings (SSSR count). The van der Waals surface area contributed by atoms with Crippen LogP contribution < -0.4 is 10.6 Å². The summed E-state index contributed by atoms with van der Waals surface area (Å²) in [5, 5.41) is 6.55. The van der Waals surface area contributed by atoms with Crippen LogP contribution in [0.2, 0.25) is 15.1 Å². The Morgan fingerprint density at radius 1 is 1.10 bits per heavy atom. The molecule has 1 amide bonds. The van der Waals surface area contributed by atoms with Crippen molar-refractivity contribution in [1.82, 2.24) is 0 Å². The molecule has 1 unspecified atom stereocenters. The van der Waals surface area contributed by atoms with E-state index in [1.807, 2.05) is 0 Å². The van der Waals surface area contributed by atoms with Crippen molar-refractivity contribution in [2.45, 2.75) is 6.04 Å². The highest BCUT2D eigenvalue weighted by Crippen LogP contribution is 2.39. The average Bonchev–Trinajstić information content (AvgIpc) is 2.69. The van der Waals surface area contributed by atoms with Gasteiger partial charge in [0.25, 0.3) is 5.91 Å². The maximum Gasteiger partial charge on any atom is 0.251 e. The van der Waals surface area contributed by atoms with Crippen LogP contribution in [0.25, 0.3) is 0 Å². The number of anilines is 2. The maximum atomic E-state index is 13.4. The highest BCUT2D eigenvalue weighted by atomic mass is 35.5. The molecule has 108 valence electrons. The monoisotopic (exact) mass is 344 g/mol. The molecule has 1 aliphatic rings. The van der Waals surface area contributed by atoms with Crippen molar-refractivity contribution in [3.05, 3.63) is 56.8 Å². The lowest BCUT2D eigenvalue weighted by atomic mass is 10.1. The Hall–Kier alpha value is -1.49. The van der Waals surface area contributed by atoms with Gasteiger partial charge in [-0.3, -0.25) is 4.79 Å². The van der Waals surface area contributed by atoms with Gasteiger partial charge in [-0.25, -0.2) is 4.39 Å². The second-order valence-corrected chi connectivity index (χ2v) is 5.79. The third kappa shape index (κ3) is 2.67. The molecule has 0 saturated heterocycles. The minimum atomic E-state index is -0.771.